The lowest BCUT2D eigenvalue weighted by Gasteiger charge is -2.25. The van der Waals surface area contributed by atoms with Gasteiger partial charge in [0.2, 0.25) is 0 Å². The van der Waals surface area contributed by atoms with E-state index >= 15 is 0 Å². The van der Waals surface area contributed by atoms with Crippen molar-refractivity contribution in [3.8, 4) is 11.5 Å². The Morgan fingerprint density at radius 3 is 2.76 bits per heavy atom. The van der Waals surface area contributed by atoms with Crippen LogP contribution < -0.4 is 14.8 Å². The minimum atomic E-state index is -2.91. The Morgan fingerprint density at radius 1 is 1.29 bits per heavy atom. The zero-order valence-electron chi connectivity index (χ0n) is 12.6. The number of hydrogen-bond acceptors (Lipinski definition) is 5. The van der Waals surface area contributed by atoms with Crippen LogP contribution in [0.4, 0.5) is 0 Å². The highest BCUT2D eigenvalue weighted by atomic mass is 32.2. The van der Waals surface area contributed by atoms with Crippen molar-refractivity contribution in [1.29, 1.82) is 0 Å². The molecule has 1 heterocycles. The third-order valence-electron chi connectivity index (χ3n) is 3.71. The SMILES string of the molecule is CCS(=O)(=O)CCCC(NC)c1cccc2c1OCCO2. The van der Waals surface area contributed by atoms with Crippen LogP contribution in [0.2, 0.25) is 0 Å². The van der Waals surface area contributed by atoms with Gasteiger partial charge in [0, 0.05) is 17.4 Å². The van der Waals surface area contributed by atoms with Crippen LogP contribution in [0.15, 0.2) is 18.2 Å². The highest BCUT2D eigenvalue weighted by molar-refractivity contribution is 7.91. The van der Waals surface area contributed by atoms with Crippen LogP contribution in [0.3, 0.4) is 0 Å². The maximum atomic E-state index is 11.6. The molecule has 1 unspecified atom stereocenters. The van der Waals surface area contributed by atoms with E-state index in [1.807, 2.05) is 25.2 Å². The lowest BCUT2D eigenvalue weighted by Crippen LogP contribution is -2.22. The zero-order valence-corrected chi connectivity index (χ0v) is 13.4. The Morgan fingerprint density at radius 2 is 2.05 bits per heavy atom. The van der Waals surface area contributed by atoms with Crippen LogP contribution in [0.1, 0.15) is 31.4 Å². The van der Waals surface area contributed by atoms with Gasteiger partial charge in [0.25, 0.3) is 0 Å². The molecule has 0 fully saturated rings. The number of benzene rings is 1. The predicted molar refractivity (Wildman–Crippen MR) is 82.8 cm³/mol. The summed E-state index contributed by atoms with van der Waals surface area (Å²) in [6.07, 6.45) is 1.38. The molecule has 1 aromatic rings. The lowest BCUT2D eigenvalue weighted by atomic mass is 10.0. The molecule has 0 saturated heterocycles. The van der Waals surface area contributed by atoms with E-state index in [9.17, 15) is 8.42 Å². The maximum absolute atomic E-state index is 11.6. The van der Waals surface area contributed by atoms with E-state index in [-0.39, 0.29) is 17.5 Å². The normalized spacial score (nSPS) is 15.7. The standard InChI is InChI=1S/C15H23NO4S/c1-3-21(17,18)11-5-7-13(16-2)12-6-4-8-14-15(12)20-10-9-19-14/h4,6,8,13,16H,3,5,7,9-11H2,1-2H3. The molecule has 0 saturated carbocycles. The third kappa shape index (κ3) is 4.11. The fourth-order valence-corrected chi connectivity index (χ4v) is 3.37. The number of ether oxygens (including phenoxy) is 2. The molecular formula is C15H23NO4S. The van der Waals surface area contributed by atoms with Crippen molar-refractivity contribution in [2.24, 2.45) is 0 Å². The molecule has 0 spiro atoms. The summed E-state index contributed by atoms with van der Waals surface area (Å²) in [7, 11) is -1.03. The van der Waals surface area contributed by atoms with Crippen molar-refractivity contribution < 1.29 is 17.9 Å². The number of fused-ring (bicyclic) bond motifs is 1. The van der Waals surface area contributed by atoms with Crippen LogP contribution in [-0.4, -0.2) is 40.2 Å². The quantitative estimate of drug-likeness (QED) is 0.833. The van der Waals surface area contributed by atoms with Gasteiger partial charge >= 0.3 is 0 Å². The molecule has 1 aliphatic heterocycles. The fraction of sp³-hybridized carbons (Fsp3) is 0.600. The van der Waals surface area contributed by atoms with Crippen molar-refractivity contribution in [3.63, 3.8) is 0 Å². The number of sulfone groups is 1. The summed E-state index contributed by atoms with van der Waals surface area (Å²) >= 11 is 0. The molecule has 6 heteroatoms. The number of para-hydroxylation sites is 1. The van der Waals surface area contributed by atoms with Crippen molar-refractivity contribution in [1.82, 2.24) is 5.32 Å². The Balaban J connectivity index is 2.08. The molecule has 0 bridgehead atoms. The van der Waals surface area contributed by atoms with Gasteiger partial charge in [-0.2, -0.15) is 0 Å². The summed E-state index contributed by atoms with van der Waals surface area (Å²) in [5.74, 6) is 1.98. The van der Waals surface area contributed by atoms with Crippen molar-refractivity contribution in [3.05, 3.63) is 23.8 Å². The predicted octanol–water partition coefficient (Wildman–Crippen LogP) is 1.93. The molecule has 0 aromatic heterocycles. The topological polar surface area (TPSA) is 64.6 Å². The first-order valence-electron chi connectivity index (χ1n) is 7.33. The van der Waals surface area contributed by atoms with Gasteiger partial charge < -0.3 is 14.8 Å². The molecule has 0 aliphatic carbocycles. The molecule has 1 N–H and O–H groups in total. The summed E-state index contributed by atoms with van der Waals surface area (Å²) in [5, 5.41) is 3.24. The monoisotopic (exact) mass is 313 g/mol. The van der Waals surface area contributed by atoms with E-state index in [1.165, 1.54) is 0 Å². The van der Waals surface area contributed by atoms with Gasteiger partial charge in [-0.3, -0.25) is 0 Å². The smallest absolute Gasteiger partial charge is 0.166 e. The highest BCUT2D eigenvalue weighted by Crippen LogP contribution is 2.38. The van der Waals surface area contributed by atoms with Crippen LogP contribution >= 0.6 is 0 Å². The first-order valence-corrected chi connectivity index (χ1v) is 9.15. The van der Waals surface area contributed by atoms with Gasteiger partial charge in [-0.1, -0.05) is 19.1 Å². The summed E-state index contributed by atoms with van der Waals surface area (Å²) in [5.41, 5.74) is 1.03. The van der Waals surface area contributed by atoms with Crippen molar-refractivity contribution >= 4 is 9.84 Å². The van der Waals surface area contributed by atoms with Gasteiger partial charge in [0.15, 0.2) is 11.5 Å². The second-order valence-corrected chi connectivity index (χ2v) is 7.56. The van der Waals surface area contributed by atoms with Gasteiger partial charge in [0.1, 0.15) is 23.1 Å². The average Bonchev–Trinajstić information content (AvgIpc) is 2.51. The maximum Gasteiger partial charge on any atom is 0.166 e. The minimum Gasteiger partial charge on any atom is -0.486 e. The summed E-state index contributed by atoms with van der Waals surface area (Å²) < 4.78 is 34.5. The molecular weight excluding hydrogens is 290 g/mol. The molecule has 21 heavy (non-hydrogen) atoms. The lowest BCUT2D eigenvalue weighted by molar-refractivity contribution is 0.168. The molecule has 2 rings (SSSR count). The second-order valence-electron chi connectivity index (χ2n) is 5.09. The van der Waals surface area contributed by atoms with E-state index in [0.29, 0.717) is 19.6 Å². The Bertz CT molecular complexity index is 571. The van der Waals surface area contributed by atoms with E-state index in [0.717, 1.165) is 23.5 Å². The second kappa shape index (κ2) is 7.13. The first-order chi connectivity index (χ1) is 10.1. The molecule has 1 aliphatic rings. The Kier molecular flexibility index (Phi) is 5.47. The number of nitrogens with one attached hydrogen (secondary N) is 1. The number of rotatable bonds is 7. The van der Waals surface area contributed by atoms with Crippen molar-refractivity contribution in [2.45, 2.75) is 25.8 Å². The van der Waals surface area contributed by atoms with Gasteiger partial charge in [-0.25, -0.2) is 8.42 Å². The number of hydrogen-bond donors (Lipinski definition) is 1. The summed E-state index contributed by atoms with van der Waals surface area (Å²) in [4.78, 5) is 0. The first kappa shape index (κ1) is 16.1. The highest BCUT2D eigenvalue weighted by Gasteiger charge is 2.21. The molecule has 1 atom stereocenters. The minimum absolute atomic E-state index is 0.0636. The van der Waals surface area contributed by atoms with E-state index in [1.54, 1.807) is 6.92 Å². The molecule has 0 radical (unpaired) electrons. The summed E-state index contributed by atoms with van der Waals surface area (Å²) in [6.45, 7) is 2.80. The average molecular weight is 313 g/mol. The third-order valence-corrected chi connectivity index (χ3v) is 5.50. The van der Waals surface area contributed by atoms with E-state index < -0.39 is 9.84 Å². The van der Waals surface area contributed by atoms with E-state index in [4.69, 9.17) is 9.47 Å². The fourth-order valence-electron chi connectivity index (χ4n) is 2.48. The molecule has 5 nitrogen and oxygen atoms in total. The molecule has 118 valence electrons. The van der Waals surface area contributed by atoms with Crippen molar-refractivity contribution in [2.75, 3.05) is 31.8 Å². The van der Waals surface area contributed by atoms with Crippen LogP contribution in [-0.2, 0) is 9.84 Å². The largest absolute Gasteiger partial charge is 0.486 e. The van der Waals surface area contributed by atoms with Gasteiger partial charge in [-0.05, 0) is 26.0 Å². The Hall–Kier alpha value is -1.27. The zero-order chi connectivity index (χ0) is 15.3. The van der Waals surface area contributed by atoms with Crippen LogP contribution in [0.5, 0.6) is 11.5 Å². The van der Waals surface area contributed by atoms with Gasteiger partial charge in [0.05, 0.1) is 5.75 Å². The van der Waals surface area contributed by atoms with Gasteiger partial charge in [-0.15, -0.1) is 0 Å². The molecule has 1 aromatic carbocycles. The van der Waals surface area contributed by atoms with Crippen LogP contribution in [0, 0.1) is 0 Å². The van der Waals surface area contributed by atoms with E-state index in [2.05, 4.69) is 5.32 Å². The van der Waals surface area contributed by atoms with Crippen LogP contribution in [0.25, 0.3) is 0 Å². The Labute approximate surface area is 126 Å². The summed E-state index contributed by atoms with van der Waals surface area (Å²) in [6, 6.07) is 5.90. The molecule has 0 amide bonds.